The largest absolute Gasteiger partial charge is 0.461 e. The second-order valence-electron chi connectivity index (χ2n) is 6.78. The van der Waals surface area contributed by atoms with E-state index in [0.717, 1.165) is 54.8 Å². The van der Waals surface area contributed by atoms with Crippen molar-refractivity contribution in [1.29, 1.82) is 0 Å². The maximum Gasteiger partial charge on any atom is 0.227 e. The summed E-state index contributed by atoms with van der Waals surface area (Å²) < 4.78 is 7.64. The van der Waals surface area contributed by atoms with Crippen molar-refractivity contribution < 1.29 is 9.21 Å². The van der Waals surface area contributed by atoms with Crippen molar-refractivity contribution in [3.8, 4) is 0 Å². The highest BCUT2D eigenvalue weighted by Crippen LogP contribution is 2.27. The molecule has 1 unspecified atom stereocenters. The molecule has 0 N–H and O–H groups in total. The summed E-state index contributed by atoms with van der Waals surface area (Å²) in [6.45, 7) is 4.37. The molecule has 1 amide bonds. The second-order valence-corrected chi connectivity index (χ2v) is 6.78. The summed E-state index contributed by atoms with van der Waals surface area (Å²) in [6.07, 6.45) is 5.85. The molecule has 3 heterocycles. The molecule has 1 atom stereocenters. The van der Waals surface area contributed by atoms with Gasteiger partial charge in [0.05, 0.1) is 6.42 Å². The van der Waals surface area contributed by atoms with E-state index in [9.17, 15) is 4.79 Å². The van der Waals surface area contributed by atoms with Crippen molar-refractivity contribution in [2.45, 2.75) is 32.7 Å². The van der Waals surface area contributed by atoms with Crippen molar-refractivity contribution >= 4 is 16.9 Å². The molecule has 6 nitrogen and oxygen atoms in total. The number of nitrogens with zero attached hydrogens (tertiary/aromatic N) is 4. The zero-order valence-corrected chi connectivity index (χ0v) is 14.4. The Bertz CT molecular complexity index is 869. The zero-order chi connectivity index (χ0) is 17.2. The number of fused-ring (bicyclic) bond motifs is 1. The van der Waals surface area contributed by atoms with Crippen LogP contribution in [-0.2, 0) is 17.8 Å². The Morgan fingerprint density at radius 1 is 1.36 bits per heavy atom. The van der Waals surface area contributed by atoms with Gasteiger partial charge in [-0.25, -0.2) is 4.98 Å². The Morgan fingerprint density at radius 3 is 3.08 bits per heavy atom. The average molecular weight is 338 g/mol. The van der Waals surface area contributed by atoms with Gasteiger partial charge < -0.3 is 9.32 Å². The lowest BCUT2D eigenvalue weighted by molar-refractivity contribution is -0.132. The molecule has 2 aromatic heterocycles. The van der Waals surface area contributed by atoms with Gasteiger partial charge in [0.1, 0.15) is 24.0 Å². The van der Waals surface area contributed by atoms with E-state index in [1.54, 1.807) is 12.7 Å². The molecule has 4 rings (SSSR count). The van der Waals surface area contributed by atoms with Gasteiger partial charge in [0.15, 0.2) is 0 Å². The number of likely N-dealkylation sites (tertiary alicyclic amines) is 1. The molecular formula is C19H22N4O2. The molecule has 1 aromatic carbocycles. The molecule has 0 aliphatic carbocycles. The van der Waals surface area contributed by atoms with E-state index in [4.69, 9.17) is 4.42 Å². The molecule has 6 heteroatoms. The van der Waals surface area contributed by atoms with Crippen LogP contribution in [0.2, 0.25) is 0 Å². The van der Waals surface area contributed by atoms with Gasteiger partial charge in [-0.3, -0.25) is 9.48 Å². The van der Waals surface area contributed by atoms with Gasteiger partial charge in [-0.15, -0.1) is 0 Å². The van der Waals surface area contributed by atoms with E-state index in [1.807, 2.05) is 40.8 Å². The van der Waals surface area contributed by atoms with Crippen LogP contribution in [0.1, 0.15) is 24.2 Å². The minimum Gasteiger partial charge on any atom is -0.461 e. The van der Waals surface area contributed by atoms with Crippen LogP contribution in [0.15, 0.2) is 41.3 Å². The number of aromatic nitrogens is 3. The van der Waals surface area contributed by atoms with E-state index in [2.05, 4.69) is 10.1 Å². The fourth-order valence-electron chi connectivity index (χ4n) is 3.74. The minimum absolute atomic E-state index is 0.179. The van der Waals surface area contributed by atoms with Gasteiger partial charge in [0.25, 0.3) is 0 Å². The summed E-state index contributed by atoms with van der Waals surface area (Å²) in [5, 5.41) is 5.22. The van der Waals surface area contributed by atoms with Crippen molar-refractivity contribution in [1.82, 2.24) is 19.7 Å². The van der Waals surface area contributed by atoms with Crippen LogP contribution in [-0.4, -0.2) is 38.7 Å². The highest BCUT2D eigenvalue weighted by Gasteiger charge is 2.25. The van der Waals surface area contributed by atoms with E-state index in [0.29, 0.717) is 12.3 Å². The van der Waals surface area contributed by atoms with Gasteiger partial charge >= 0.3 is 0 Å². The van der Waals surface area contributed by atoms with Crippen LogP contribution in [0.4, 0.5) is 0 Å². The van der Waals surface area contributed by atoms with Crippen molar-refractivity contribution in [2.75, 3.05) is 13.1 Å². The van der Waals surface area contributed by atoms with E-state index < -0.39 is 0 Å². The zero-order valence-electron chi connectivity index (χ0n) is 14.4. The lowest BCUT2D eigenvalue weighted by Crippen LogP contribution is -2.41. The molecule has 0 spiro atoms. The number of hydrogen-bond donors (Lipinski definition) is 0. The fraction of sp³-hybridized carbons (Fsp3) is 0.421. The first kappa shape index (κ1) is 15.9. The molecule has 1 aliphatic rings. The summed E-state index contributed by atoms with van der Waals surface area (Å²) in [5.74, 6) is 1.45. The number of carbonyl (C=O) groups is 1. The SMILES string of the molecule is Cc1oc2ccccc2c1CC(=O)N1CCCC(Cn2cncn2)C1. The lowest BCUT2D eigenvalue weighted by atomic mass is 9.97. The third kappa shape index (κ3) is 3.29. The predicted octanol–water partition coefficient (Wildman–Crippen LogP) is 2.81. The van der Waals surface area contributed by atoms with Gasteiger partial charge in [-0.05, 0) is 31.7 Å². The summed E-state index contributed by atoms with van der Waals surface area (Å²) >= 11 is 0. The van der Waals surface area contributed by atoms with Crippen LogP contribution >= 0.6 is 0 Å². The quantitative estimate of drug-likeness (QED) is 0.734. The topological polar surface area (TPSA) is 64.2 Å². The van der Waals surface area contributed by atoms with E-state index in [1.165, 1.54) is 0 Å². The molecule has 1 fully saturated rings. The highest BCUT2D eigenvalue weighted by molar-refractivity contribution is 5.88. The van der Waals surface area contributed by atoms with Crippen molar-refractivity contribution in [3.63, 3.8) is 0 Å². The fourth-order valence-corrected chi connectivity index (χ4v) is 3.74. The third-order valence-electron chi connectivity index (χ3n) is 5.01. The normalized spacial score (nSPS) is 18.0. The smallest absolute Gasteiger partial charge is 0.227 e. The second kappa shape index (κ2) is 6.70. The number of benzene rings is 1. The van der Waals surface area contributed by atoms with Crippen LogP contribution in [0.25, 0.3) is 11.0 Å². The lowest BCUT2D eigenvalue weighted by Gasteiger charge is -2.32. The first-order valence-electron chi connectivity index (χ1n) is 8.78. The molecule has 0 saturated carbocycles. The number of piperidine rings is 1. The maximum atomic E-state index is 12.9. The Balaban J connectivity index is 1.46. The first-order valence-corrected chi connectivity index (χ1v) is 8.78. The number of para-hydroxylation sites is 1. The Morgan fingerprint density at radius 2 is 2.24 bits per heavy atom. The van der Waals surface area contributed by atoms with Crippen LogP contribution in [0.3, 0.4) is 0 Å². The average Bonchev–Trinajstić information content (AvgIpc) is 3.23. The number of aryl methyl sites for hydroxylation is 1. The van der Waals surface area contributed by atoms with Crippen LogP contribution < -0.4 is 0 Å². The van der Waals surface area contributed by atoms with Crippen LogP contribution in [0, 0.1) is 12.8 Å². The molecule has 3 aromatic rings. The number of carbonyl (C=O) groups excluding carboxylic acids is 1. The van der Waals surface area contributed by atoms with Gasteiger partial charge in [-0.2, -0.15) is 5.10 Å². The van der Waals surface area contributed by atoms with Crippen molar-refractivity contribution in [2.24, 2.45) is 5.92 Å². The molecular weight excluding hydrogens is 316 g/mol. The first-order chi connectivity index (χ1) is 12.2. The maximum absolute atomic E-state index is 12.9. The van der Waals surface area contributed by atoms with Crippen molar-refractivity contribution in [3.05, 3.63) is 48.2 Å². The Labute approximate surface area is 146 Å². The van der Waals surface area contributed by atoms with Gasteiger partial charge in [0.2, 0.25) is 5.91 Å². The molecule has 25 heavy (non-hydrogen) atoms. The number of hydrogen-bond acceptors (Lipinski definition) is 4. The Kier molecular flexibility index (Phi) is 4.26. The number of amides is 1. The molecule has 0 radical (unpaired) electrons. The van der Waals surface area contributed by atoms with Gasteiger partial charge in [-0.1, -0.05) is 18.2 Å². The highest BCUT2D eigenvalue weighted by atomic mass is 16.3. The minimum atomic E-state index is 0.179. The van der Waals surface area contributed by atoms with E-state index >= 15 is 0 Å². The summed E-state index contributed by atoms with van der Waals surface area (Å²) in [7, 11) is 0. The standard InChI is InChI=1S/C19H22N4O2/c1-14-17(16-6-2-3-7-18(16)25-14)9-19(24)22-8-4-5-15(10-22)11-23-13-20-12-21-23/h2-3,6-7,12-13,15H,4-5,8-11H2,1H3. The molecule has 1 saturated heterocycles. The number of rotatable bonds is 4. The van der Waals surface area contributed by atoms with E-state index in [-0.39, 0.29) is 5.91 Å². The number of furan rings is 1. The molecule has 130 valence electrons. The third-order valence-corrected chi connectivity index (χ3v) is 5.01. The summed E-state index contributed by atoms with van der Waals surface area (Å²) in [5.41, 5.74) is 1.87. The summed E-state index contributed by atoms with van der Waals surface area (Å²) in [4.78, 5) is 18.8. The summed E-state index contributed by atoms with van der Waals surface area (Å²) in [6, 6.07) is 7.92. The monoisotopic (exact) mass is 338 g/mol. The van der Waals surface area contributed by atoms with Gasteiger partial charge in [0, 0.05) is 30.6 Å². The molecule has 1 aliphatic heterocycles. The van der Waals surface area contributed by atoms with Crippen LogP contribution in [0.5, 0.6) is 0 Å². The predicted molar refractivity (Wildman–Crippen MR) is 94.0 cm³/mol. The molecule has 0 bridgehead atoms. The Hall–Kier alpha value is -2.63.